The average molecular weight is 498 g/mol. The van der Waals surface area contributed by atoms with E-state index in [0.29, 0.717) is 0 Å². The van der Waals surface area contributed by atoms with Crippen LogP contribution in [0, 0.1) is 5.16 Å². The zero-order valence-electron chi connectivity index (χ0n) is 21.7. The fraction of sp³-hybridized carbons (Fsp3) is 0.0857. The van der Waals surface area contributed by atoms with Gasteiger partial charge in [0, 0.05) is 0 Å². The van der Waals surface area contributed by atoms with E-state index in [4.69, 9.17) is 5.16 Å². The van der Waals surface area contributed by atoms with E-state index in [9.17, 15) is 0 Å². The predicted molar refractivity (Wildman–Crippen MR) is 166 cm³/mol. The zero-order valence-corrected chi connectivity index (χ0v) is 22.6. The van der Waals surface area contributed by atoms with E-state index >= 15 is 0 Å². The summed E-state index contributed by atoms with van der Waals surface area (Å²) in [6.45, 7) is 10.2. The van der Waals surface area contributed by atoms with E-state index in [0.717, 1.165) is 10.9 Å². The molecule has 0 atom stereocenters. The topological polar surface area (TPSA) is 23.9 Å². The smallest absolute Gasteiger partial charge is 0.00264 e. The molecule has 5 aromatic rings. The van der Waals surface area contributed by atoms with Crippen molar-refractivity contribution in [3.8, 4) is 22.3 Å². The molecule has 0 aliphatic carbocycles. The molecule has 0 amide bonds. The van der Waals surface area contributed by atoms with Gasteiger partial charge in [0.25, 0.3) is 0 Å². The molecule has 0 radical (unpaired) electrons. The van der Waals surface area contributed by atoms with Crippen molar-refractivity contribution in [2.24, 2.45) is 0 Å². The number of allylic oxidation sites excluding steroid dienone is 5. The third-order valence-corrected chi connectivity index (χ3v) is 8.52. The normalized spacial score (nSPS) is 12.5. The van der Waals surface area contributed by atoms with Crippen molar-refractivity contribution in [2.75, 3.05) is 13.3 Å². The van der Waals surface area contributed by atoms with Crippen molar-refractivity contribution in [1.82, 2.24) is 0 Å². The number of hydrogen-bond acceptors (Lipinski definition) is 1. The average Bonchev–Trinajstić information content (AvgIpc) is 2.92. The van der Waals surface area contributed by atoms with Crippen molar-refractivity contribution in [3.63, 3.8) is 0 Å². The minimum Gasteiger partial charge on any atom is -0.315 e. The van der Waals surface area contributed by atoms with Crippen molar-refractivity contribution in [3.05, 3.63) is 134 Å². The van der Waals surface area contributed by atoms with E-state index in [1.165, 1.54) is 49.4 Å². The minimum absolute atomic E-state index is 1.12. The number of hydrogen-bond donors (Lipinski definition) is 1. The summed E-state index contributed by atoms with van der Waals surface area (Å²) >= 11 is 0. The highest BCUT2D eigenvalue weighted by Crippen LogP contribution is 2.42. The minimum atomic E-state index is -1.76. The Morgan fingerprint density at radius 3 is 1.59 bits per heavy atom. The Morgan fingerprint density at radius 1 is 0.676 bits per heavy atom. The van der Waals surface area contributed by atoms with Gasteiger partial charge in [-0.2, -0.15) is 0 Å². The highest BCUT2D eigenvalue weighted by Gasteiger charge is 2.16. The standard InChI is InChI=1S/C35H32NP/c1-5-7-12-25(6-2)34-30-13-8-10-15-32(30)35(33-16-11-9-14-31(33)34)28-19-17-26(18-20-28)27-21-23-29(24-22-27)37(3,4)36/h5-24,36H,2H2,1,3-4H3/b7-5-,25-12+. The van der Waals surface area contributed by atoms with Crippen molar-refractivity contribution < 1.29 is 0 Å². The van der Waals surface area contributed by atoms with E-state index in [-0.39, 0.29) is 0 Å². The summed E-state index contributed by atoms with van der Waals surface area (Å²) in [6.07, 6.45) is 8.22. The molecule has 1 N–H and O–H groups in total. The molecule has 1 nitrogen and oxygen atoms in total. The predicted octanol–water partition coefficient (Wildman–Crippen LogP) is 10.1. The summed E-state index contributed by atoms with van der Waals surface area (Å²) in [5.74, 6) is 0. The first-order chi connectivity index (χ1) is 17.9. The fourth-order valence-electron chi connectivity index (χ4n) is 5.06. The number of nitrogens with one attached hydrogen (secondary N) is 1. The maximum atomic E-state index is 8.39. The second kappa shape index (κ2) is 10.2. The zero-order chi connectivity index (χ0) is 26.0. The van der Waals surface area contributed by atoms with Gasteiger partial charge in [-0.25, -0.2) is 0 Å². The van der Waals surface area contributed by atoms with Gasteiger partial charge in [0.05, 0.1) is 0 Å². The first kappa shape index (κ1) is 24.8. The Balaban J connectivity index is 1.70. The third kappa shape index (κ3) is 4.76. The lowest BCUT2D eigenvalue weighted by Gasteiger charge is -2.18. The first-order valence-corrected chi connectivity index (χ1v) is 15.3. The quantitative estimate of drug-likeness (QED) is 0.137. The molecule has 182 valence electrons. The van der Waals surface area contributed by atoms with Crippen LogP contribution in [0.2, 0.25) is 0 Å². The second-order valence-corrected chi connectivity index (χ2v) is 13.2. The van der Waals surface area contributed by atoms with Gasteiger partial charge in [0.15, 0.2) is 0 Å². The summed E-state index contributed by atoms with van der Waals surface area (Å²) < 4.78 is 0. The monoisotopic (exact) mass is 497 g/mol. The van der Waals surface area contributed by atoms with Crippen LogP contribution in [-0.2, 0) is 0 Å². The number of benzene rings is 5. The molecule has 0 heterocycles. The largest absolute Gasteiger partial charge is 0.315 e. The first-order valence-electron chi connectivity index (χ1n) is 12.6. The lowest BCUT2D eigenvalue weighted by atomic mass is 9.85. The Morgan fingerprint density at radius 2 is 1.14 bits per heavy atom. The van der Waals surface area contributed by atoms with Gasteiger partial charge < -0.3 is 5.16 Å². The van der Waals surface area contributed by atoms with Crippen LogP contribution in [0.3, 0.4) is 0 Å². The Hall–Kier alpha value is -3.93. The van der Waals surface area contributed by atoms with Gasteiger partial charge in [-0.05, 0) is 87.5 Å². The Bertz CT molecular complexity index is 1660. The van der Waals surface area contributed by atoms with Crippen molar-refractivity contribution >= 4 is 39.5 Å². The van der Waals surface area contributed by atoms with E-state index < -0.39 is 7.05 Å². The number of rotatable bonds is 6. The van der Waals surface area contributed by atoms with Crippen molar-refractivity contribution in [2.45, 2.75) is 6.92 Å². The highest BCUT2D eigenvalue weighted by atomic mass is 31.2. The van der Waals surface area contributed by atoms with Gasteiger partial charge >= 0.3 is 0 Å². The molecule has 0 unspecified atom stereocenters. The van der Waals surface area contributed by atoms with Crippen LogP contribution >= 0.6 is 7.05 Å². The van der Waals surface area contributed by atoms with Crippen LogP contribution < -0.4 is 5.30 Å². The van der Waals surface area contributed by atoms with Gasteiger partial charge in [-0.1, -0.05) is 128 Å². The molecule has 0 aliphatic rings. The van der Waals surface area contributed by atoms with Gasteiger partial charge in [0.1, 0.15) is 0 Å². The molecule has 0 bridgehead atoms. The summed E-state index contributed by atoms with van der Waals surface area (Å²) in [5, 5.41) is 14.5. The number of fused-ring (bicyclic) bond motifs is 2. The molecule has 0 aliphatic heterocycles. The molecule has 0 aromatic heterocycles. The molecule has 2 heteroatoms. The van der Waals surface area contributed by atoms with Crippen LogP contribution in [0.5, 0.6) is 0 Å². The van der Waals surface area contributed by atoms with Crippen LogP contribution in [0.15, 0.2) is 128 Å². The molecule has 5 aromatic carbocycles. The maximum Gasteiger partial charge on any atom is -0.00264 e. The van der Waals surface area contributed by atoms with Crippen LogP contribution in [0.4, 0.5) is 0 Å². The second-order valence-electron chi connectivity index (χ2n) is 9.77. The lowest BCUT2D eigenvalue weighted by Crippen LogP contribution is -2.00. The van der Waals surface area contributed by atoms with Crippen LogP contribution in [0.25, 0.3) is 49.4 Å². The molecular formula is C35H32NP. The Labute approximate surface area is 220 Å². The van der Waals surface area contributed by atoms with Gasteiger partial charge in [-0.15, -0.1) is 0 Å². The highest BCUT2D eigenvalue weighted by molar-refractivity contribution is 7.71. The molecule has 0 fully saturated rings. The third-order valence-electron chi connectivity index (χ3n) is 6.93. The maximum absolute atomic E-state index is 8.39. The fourth-order valence-corrected chi connectivity index (χ4v) is 5.95. The molecule has 0 saturated carbocycles. The molecule has 0 spiro atoms. The summed E-state index contributed by atoms with van der Waals surface area (Å²) in [7, 11) is -1.76. The molecule has 5 rings (SSSR count). The van der Waals surface area contributed by atoms with E-state index in [2.05, 4.69) is 116 Å². The molecule has 37 heavy (non-hydrogen) atoms. The van der Waals surface area contributed by atoms with E-state index in [1.807, 2.05) is 32.4 Å². The van der Waals surface area contributed by atoms with Crippen molar-refractivity contribution in [1.29, 1.82) is 5.16 Å². The van der Waals surface area contributed by atoms with E-state index in [1.54, 1.807) is 0 Å². The summed E-state index contributed by atoms with van der Waals surface area (Å²) in [6, 6.07) is 34.8. The Kier molecular flexibility index (Phi) is 6.83. The van der Waals surface area contributed by atoms with Gasteiger partial charge in [-0.3, -0.25) is 0 Å². The molecule has 0 saturated heterocycles. The van der Waals surface area contributed by atoms with Crippen LogP contribution in [0.1, 0.15) is 12.5 Å². The SMILES string of the molecule is C=C/C(=C\C=C/C)c1c2ccccc2c(-c2ccc(-c3ccc(P(C)(C)=N)cc3)cc2)c2ccccc12. The lowest BCUT2D eigenvalue weighted by molar-refractivity contribution is 1.58. The van der Waals surface area contributed by atoms with Crippen LogP contribution in [-0.4, -0.2) is 13.3 Å². The summed E-state index contributed by atoms with van der Waals surface area (Å²) in [5.41, 5.74) is 7.17. The summed E-state index contributed by atoms with van der Waals surface area (Å²) in [4.78, 5) is 0. The molecular weight excluding hydrogens is 465 g/mol. The van der Waals surface area contributed by atoms with Gasteiger partial charge in [0.2, 0.25) is 0 Å².